The number of aromatic nitrogens is 4. The molecule has 5 rings (SSSR count). The van der Waals surface area contributed by atoms with Crippen molar-refractivity contribution in [1.29, 1.82) is 0 Å². The second-order valence-electron chi connectivity index (χ2n) is 9.08. The van der Waals surface area contributed by atoms with E-state index in [1.807, 2.05) is 48.0 Å². The summed E-state index contributed by atoms with van der Waals surface area (Å²) in [6.07, 6.45) is 0.902. The molecule has 36 heavy (non-hydrogen) atoms. The number of nitrogens with zero attached hydrogens (tertiary/aromatic N) is 4. The zero-order valence-corrected chi connectivity index (χ0v) is 20.5. The van der Waals surface area contributed by atoms with Crippen LogP contribution in [0.25, 0.3) is 16.6 Å². The number of benzene rings is 2. The van der Waals surface area contributed by atoms with E-state index in [4.69, 9.17) is 10.8 Å². The predicted octanol–water partition coefficient (Wildman–Crippen LogP) is 3.57. The van der Waals surface area contributed by atoms with Crippen LogP contribution in [0.2, 0.25) is 0 Å². The molecular formula is C28H29N7O. The minimum absolute atomic E-state index is 0.0917. The Kier molecular flexibility index (Phi) is 6.32. The van der Waals surface area contributed by atoms with E-state index in [0.29, 0.717) is 17.1 Å². The lowest BCUT2D eigenvalue weighted by atomic mass is 10.1. The summed E-state index contributed by atoms with van der Waals surface area (Å²) < 4.78 is 1.87. The average molecular weight is 480 g/mol. The van der Waals surface area contributed by atoms with Crippen LogP contribution in [-0.2, 0) is 0 Å². The number of hydrogen-bond acceptors (Lipinski definition) is 5. The van der Waals surface area contributed by atoms with Crippen molar-refractivity contribution in [2.45, 2.75) is 19.4 Å². The number of rotatable bonds is 6. The third-order valence-electron chi connectivity index (χ3n) is 6.51. The molecular weight excluding hydrogens is 450 g/mol. The zero-order chi connectivity index (χ0) is 25.2. The van der Waals surface area contributed by atoms with Crippen molar-refractivity contribution < 1.29 is 4.79 Å². The first kappa shape index (κ1) is 23.4. The number of aromatic amines is 1. The van der Waals surface area contributed by atoms with Crippen molar-refractivity contribution in [3.63, 3.8) is 0 Å². The van der Waals surface area contributed by atoms with Gasteiger partial charge in [0.1, 0.15) is 17.2 Å². The number of carbonyl (C=O) groups excluding carboxylic acids is 1. The van der Waals surface area contributed by atoms with E-state index in [1.165, 1.54) is 0 Å². The average Bonchev–Trinajstić information content (AvgIpc) is 3.58. The largest absolute Gasteiger partial charge is 0.373 e. The van der Waals surface area contributed by atoms with E-state index in [1.54, 1.807) is 7.05 Å². The monoisotopic (exact) mass is 479 g/mol. The molecule has 2 aromatic heterocycles. The van der Waals surface area contributed by atoms with Gasteiger partial charge in [-0.15, -0.1) is 0 Å². The summed E-state index contributed by atoms with van der Waals surface area (Å²) in [5.41, 5.74) is 11.3. The van der Waals surface area contributed by atoms with Crippen LogP contribution in [0.5, 0.6) is 0 Å². The minimum atomic E-state index is -0.554. The van der Waals surface area contributed by atoms with Crippen LogP contribution in [0.15, 0.2) is 55.1 Å². The Labute approximate surface area is 210 Å². The molecule has 0 radical (unpaired) electrons. The molecule has 1 fully saturated rings. The molecule has 1 saturated heterocycles. The fourth-order valence-electron chi connectivity index (χ4n) is 4.80. The number of carbonyl (C=O) groups is 1. The van der Waals surface area contributed by atoms with Gasteiger partial charge in [0.25, 0.3) is 5.91 Å². The van der Waals surface area contributed by atoms with Gasteiger partial charge in [0.15, 0.2) is 5.69 Å². The molecule has 3 heterocycles. The lowest BCUT2D eigenvalue weighted by molar-refractivity contribution is 0.100. The first-order valence-electron chi connectivity index (χ1n) is 12.0. The second-order valence-corrected chi connectivity index (χ2v) is 9.08. The molecule has 0 saturated carbocycles. The van der Waals surface area contributed by atoms with E-state index in [0.717, 1.165) is 59.6 Å². The van der Waals surface area contributed by atoms with Crippen LogP contribution in [0, 0.1) is 18.8 Å². The molecule has 0 unspecified atom stereocenters. The van der Waals surface area contributed by atoms with Crippen molar-refractivity contribution in [2.75, 3.05) is 32.0 Å². The number of hydrogen-bond donors (Lipinski definition) is 3. The van der Waals surface area contributed by atoms with E-state index in [-0.39, 0.29) is 6.04 Å². The molecule has 4 aromatic rings. The Balaban J connectivity index is 1.40. The number of fused-ring (bicyclic) bond motifs is 1. The second kappa shape index (κ2) is 9.72. The molecule has 1 aliphatic rings. The van der Waals surface area contributed by atoms with Crippen molar-refractivity contribution >= 4 is 28.3 Å². The number of aryl methyl sites for hydroxylation is 1. The fraction of sp³-hybridized carbons (Fsp3) is 0.250. The van der Waals surface area contributed by atoms with E-state index >= 15 is 0 Å². The highest BCUT2D eigenvalue weighted by Crippen LogP contribution is 2.30. The van der Waals surface area contributed by atoms with Gasteiger partial charge in [0, 0.05) is 32.2 Å². The first-order chi connectivity index (χ1) is 17.4. The first-order valence-corrected chi connectivity index (χ1v) is 12.0. The summed E-state index contributed by atoms with van der Waals surface area (Å²) in [7, 11) is 1.77. The Morgan fingerprint density at radius 3 is 2.81 bits per heavy atom. The van der Waals surface area contributed by atoms with Crippen molar-refractivity contribution in [1.82, 2.24) is 24.6 Å². The quantitative estimate of drug-likeness (QED) is 0.367. The Bertz CT molecular complexity index is 1500. The van der Waals surface area contributed by atoms with Gasteiger partial charge in [-0.1, -0.05) is 42.8 Å². The smallest absolute Gasteiger partial charge is 0.255 e. The lowest BCUT2D eigenvalue weighted by Gasteiger charge is -2.19. The number of nitrogens with two attached hydrogens (primary N) is 1. The highest BCUT2D eigenvalue weighted by Gasteiger charge is 2.30. The molecule has 4 N–H and O–H groups in total. The highest BCUT2D eigenvalue weighted by molar-refractivity contribution is 6.00. The van der Waals surface area contributed by atoms with Gasteiger partial charge < -0.3 is 16.0 Å². The molecule has 1 aliphatic heterocycles. The Morgan fingerprint density at radius 2 is 2.06 bits per heavy atom. The van der Waals surface area contributed by atoms with E-state index < -0.39 is 5.91 Å². The molecule has 8 heteroatoms. The third kappa shape index (κ3) is 4.61. The van der Waals surface area contributed by atoms with Gasteiger partial charge in [0.2, 0.25) is 0 Å². The van der Waals surface area contributed by atoms with Crippen molar-refractivity contribution in [3.8, 4) is 11.8 Å². The van der Waals surface area contributed by atoms with Crippen LogP contribution in [0.1, 0.15) is 45.5 Å². The van der Waals surface area contributed by atoms with E-state index in [9.17, 15) is 4.79 Å². The number of H-pyrrole nitrogens is 1. The van der Waals surface area contributed by atoms with Crippen LogP contribution >= 0.6 is 0 Å². The summed E-state index contributed by atoms with van der Waals surface area (Å²) in [6.45, 7) is 8.67. The molecule has 0 bridgehead atoms. The van der Waals surface area contributed by atoms with Crippen molar-refractivity contribution in [3.05, 3.63) is 83.3 Å². The molecule has 0 spiro atoms. The topological polar surface area (TPSA) is 105 Å². The van der Waals surface area contributed by atoms with Gasteiger partial charge in [-0.05, 0) is 48.6 Å². The molecule has 8 nitrogen and oxygen atoms in total. The maximum atomic E-state index is 12.4. The van der Waals surface area contributed by atoms with Crippen LogP contribution in [0.4, 0.5) is 5.82 Å². The summed E-state index contributed by atoms with van der Waals surface area (Å²) in [5.74, 6) is 7.11. The number of imidazole rings is 1. The Morgan fingerprint density at radius 1 is 1.25 bits per heavy atom. The normalized spacial score (nSPS) is 15.6. The highest BCUT2D eigenvalue weighted by atomic mass is 16.1. The standard InChI is InChI=1S/C28H29N7O/c1-18(21-7-5-4-6-8-21)16-34-14-13-22(17-34)35-28(30-3)26(27(29)36)24(33-35)12-10-20-9-11-23-25(15-20)32-19(2)31-23/h4-9,11,15,22,30H,1,13-14,16-17H2,2-3H3,(H2,29,36)(H,31,32)/t22-/m0/s1. The molecule has 182 valence electrons. The van der Waals surface area contributed by atoms with Gasteiger partial charge in [0.05, 0.1) is 17.1 Å². The maximum absolute atomic E-state index is 12.4. The van der Waals surface area contributed by atoms with Crippen LogP contribution in [-0.4, -0.2) is 57.2 Å². The summed E-state index contributed by atoms with van der Waals surface area (Å²) in [4.78, 5) is 22.4. The number of amides is 1. The number of primary amides is 1. The fourth-order valence-corrected chi connectivity index (χ4v) is 4.80. The van der Waals surface area contributed by atoms with E-state index in [2.05, 4.69) is 50.7 Å². The van der Waals surface area contributed by atoms with Gasteiger partial charge >= 0.3 is 0 Å². The molecule has 1 atom stereocenters. The molecule has 0 aliphatic carbocycles. The molecule has 2 aromatic carbocycles. The number of nitrogens with one attached hydrogen (secondary N) is 2. The predicted molar refractivity (Wildman–Crippen MR) is 143 cm³/mol. The Hall–Kier alpha value is -4.35. The minimum Gasteiger partial charge on any atom is -0.373 e. The van der Waals surface area contributed by atoms with Gasteiger partial charge in [-0.3, -0.25) is 9.69 Å². The number of likely N-dealkylation sites (tertiary alicyclic amines) is 1. The number of anilines is 1. The van der Waals surface area contributed by atoms with Crippen LogP contribution < -0.4 is 11.1 Å². The lowest BCUT2D eigenvalue weighted by Crippen LogP contribution is -2.24. The SMILES string of the molecule is C=C(CN1CC[C@H](n2nc(C#Cc3ccc4nc(C)[nH]c4c3)c(C(N)=O)c2NC)C1)c1ccccc1. The third-order valence-corrected chi connectivity index (χ3v) is 6.51. The summed E-state index contributed by atoms with van der Waals surface area (Å²) in [6, 6.07) is 16.1. The van der Waals surface area contributed by atoms with Crippen molar-refractivity contribution in [2.24, 2.45) is 5.73 Å². The summed E-state index contributed by atoms with van der Waals surface area (Å²) in [5, 5.41) is 7.88. The van der Waals surface area contributed by atoms with Gasteiger partial charge in [-0.2, -0.15) is 5.10 Å². The maximum Gasteiger partial charge on any atom is 0.255 e. The molecule has 1 amide bonds. The summed E-state index contributed by atoms with van der Waals surface area (Å²) >= 11 is 0. The van der Waals surface area contributed by atoms with Crippen LogP contribution in [0.3, 0.4) is 0 Å². The van der Waals surface area contributed by atoms with Gasteiger partial charge in [-0.25, -0.2) is 9.67 Å². The zero-order valence-electron chi connectivity index (χ0n) is 20.5.